The summed E-state index contributed by atoms with van der Waals surface area (Å²) in [5, 5.41) is 27.8. The van der Waals surface area contributed by atoms with Crippen molar-refractivity contribution in [1.29, 1.82) is 0 Å². The summed E-state index contributed by atoms with van der Waals surface area (Å²) in [5.74, 6) is 1.86. The van der Waals surface area contributed by atoms with Gasteiger partial charge in [0.2, 0.25) is 0 Å². The lowest BCUT2D eigenvalue weighted by atomic mass is 10.2. The Balaban J connectivity index is 1.94. The molecule has 2 heterocycles. The van der Waals surface area contributed by atoms with Gasteiger partial charge in [-0.1, -0.05) is 42.1 Å². The van der Waals surface area contributed by atoms with Gasteiger partial charge in [-0.2, -0.15) is 0 Å². The van der Waals surface area contributed by atoms with Crippen LogP contribution in [0.2, 0.25) is 0 Å². The van der Waals surface area contributed by atoms with Crippen LogP contribution in [0.25, 0.3) is 11.4 Å². The molecular formula is C17H19N3O3S. The Morgan fingerprint density at radius 1 is 1.21 bits per heavy atom. The first-order chi connectivity index (χ1) is 11.7. The predicted molar refractivity (Wildman–Crippen MR) is 91.8 cm³/mol. The topological polar surface area (TPSA) is 84.3 Å². The van der Waals surface area contributed by atoms with E-state index in [-0.39, 0.29) is 6.61 Å². The first kappa shape index (κ1) is 16.8. The highest BCUT2D eigenvalue weighted by molar-refractivity contribution is 7.99. The highest BCUT2D eigenvalue weighted by Crippen LogP contribution is 2.28. The van der Waals surface area contributed by atoms with Gasteiger partial charge in [0, 0.05) is 5.75 Å². The normalized spacial score (nSPS) is 12.5. The van der Waals surface area contributed by atoms with Gasteiger partial charge in [-0.25, -0.2) is 0 Å². The fourth-order valence-corrected chi connectivity index (χ4v) is 3.20. The Kier molecular flexibility index (Phi) is 5.34. The van der Waals surface area contributed by atoms with Crippen LogP contribution in [0.3, 0.4) is 0 Å². The summed E-state index contributed by atoms with van der Waals surface area (Å²) in [4.78, 5) is 0. The molecule has 0 spiro atoms. The van der Waals surface area contributed by atoms with Gasteiger partial charge in [0.25, 0.3) is 0 Å². The second-order valence-corrected chi connectivity index (χ2v) is 6.40. The zero-order valence-corrected chi connectivity index (χ0v) is 14.1. The number of aromatic nitrogens is 3. The van der Waals surface area contributed by atoms with E-state index in [0.717, 1.165) is 22.7 Å². The van der Waals surface area contributed by atoms with Crippen LogP contribution in [-0.2, 0) is 6.54 Å². The molecule has 6 nitrogen and oxygen atoms in total. The first-order valence-corrected chi connectivity index (χ1v) is 8.61. The van der Waals surface area contributed by atoms with Crippen LogP contribution in [0, 0.1) is 6.92 Å². The lowest BCUT2D eigenvalue weighted by molar-refractivity contribution is 0.113. The monoisotopic (exact) mass is 345 g/mol. The summed E-state index contributed by atoms with van der Waals surface area (Å²) in [6, 6.07) is 11.9. The number of nitrogens with zero attached hydrogens (tertiary/aromatic N) is 3. The molecule has 0 saturated carbocycles. The third kappa shape index (κ3) is 3.69. The Labute approximate surface area is 144 Å². The minimum absolute atomic E-state index is 0.270. The average Bonchev–Trinajstić information content (AvgIpc) is 3.19. The summed E-state index contributed by atoms with van der Waals surface area (Å²) in [6.07, 6.45) is 0.852. The zero-order valence-electron chi connectivity index (χ0n) is 13.3. The van der Waals surface area contributed by atoms with Gasteiger partial charge in [0.1, 0.15) is 5.76 Å². The maximum absolute atomic E-state index is 9.59. The number of aryl methyl sites for hydroxylation is 1. The third-order valence-corrected chi connectivity index (χ3v) is 4.73. The molecule has 0 radical (unpaired) electrons. The van der Waals surface area contributed by atoms with Crippen molar-refractivity contribution in [3.8, 4) is 11.4 Å². The molecule has 2 N–H and O–H groups in total. The number of hydrogen-bond acceptors (Lipinski definition) is 6. The molecule has 3 aromatic rings. The van der Waals surface area contributed by atoms with E-state index in [0.29, 0.717) is 17.5 Å². The molecule has 7 heteroatoms. The average molecular weight is 345 g/mol. The molecule has 2 aromatic heterocycles. The van der Waals surface area contributed by atoms with E-state index >= 15 is 0 Å². The quantitative estimate of drug-likeness (QED) is 0.640. The van der Waals surface area contributed by atoms with E-state index in [9.17, 15) is 5.11 Å². The summed E-state index contributed by atoms with van der Waals surface area (Å²) in [7, 11) is 0. The summed E-state index contributed by atoms with van der Waals surface area (Å²) in [6.45, 7) is 2.23. The van der Waals surface area contributed by atoms with Crippen LogP contribution < -0.4 is 0 Å². The molecule has 0 aliphatic heterocycles. The Bertz CT molecular complexity index is 785. The van der Waals surface area contributed by atoms with Crippen molar-refractivity contribution < 1.29 is 14.6 Å². The molecular weight excluding hydrogens is 326 g/mol. The van der Waals surface area contributed by atoms with E-state index in [1.54, 1.807) is 6.26 Å². The first-order valence-electron chi connectivity index (χ1n) is 7.62. The van der Waals surface area contributed by atoms with Crippen LogP contribution in [0.4, 0.5) is 0 Å². The van der Waals surface area contributed by atoms with Gasteiger partial charge in [-0.05, 0) is 18.6 Å². The lowest BCUT2D eigenvalue weighted by Crippen LogP contribution is -2.15. The minimum Gasteiger partial charge on any atom is -0.469 e. The highest BCUT2D eigenvalue weighted by atomic mass is 32.2. The second-order valence-electron chi connectivity index (χ2n) is 5.42. The van der Waals surface area contributed by atoms with Gasteiger partial charge in [0.15, 0.2) is 11.0 Å². The minimum atomic E-state index is -0.781. The zero-order chi connectivity index (χ0) is 16.9. The molecule has 0 aliphatic rings. The van der Waals surface area contributed by atoms with Crippen LogP contribution >= 0.6 is 11.8 Å². The van der Waals surface area contributed by atoms with E-state index in [4.69, 9.17) is 9.52 Å². The van der Waals surface area contributed by atoms with Crippen molar-refractivity contribution in [2.24, 2.45) is 0 Å². The number of hydrogen-bond donors (Lipinski definition) is 2. The smallest absolute Gasteiger partial charge is 0.191 e. The van der Waals surface area contributed by atoms with Crippen LogP contribution in [0.5, 0.6) is 0 Å². The molecule has 0 fully saturated rings. The lowest BCUT2D eigenvalue weighted by Gasteiger charge is -2.11. The molecule has 1 atom stereocenters. The maximum atomic E-state index is 9.59. The van der Waals surface area contributed by atoms with Crippen molar-refractivity contribution in [3.05, 3.63) is 54.0 Å². The second kappa shape index (κ2) is 7.65. The fourth-order valence-electron chi connectivity index (χ4n) is 2.34. The van der Waals surface area contributed by atoms with E-state index < -0.39 is 6.10 Å². The molecule has 1 unspecified atom stereocenters. The van der Waals surface area contributed by atoms with E-state index in [1.807, 2.05) is 47.9 Å². The number of thioether (sulfide) groups is 1. The Morgan fingerprint density at radius 2 is 2.00 bits per heavy atom. The van der Waals surface area contributed by atoms with Crippen molar-refractivity contribution in [2.45, 2.75) is 24.7 Å². The van der Waals surface area contributed by atoms with Crippen LogP contribution in [-0.4, -0.2) is 43.4 Å². The van der Waals surface area contributed by atoms with Gasteiger partial charge in [0.05, 0.1) is 31.1 Å². The molecule has 0 saturated heterocycles. The van der Waals surface area contributed by atoms with Gasteiger partial charge >= 0.3 is 0 Å². The van der Waals surface area contributed by atoms with E-state index in [1.165, 1.54) is 11.8 Å². The molecule has 0 amide bonds. The van der Waals surface area contributed by atoms with Crippen molar-refractivity contribution in [2.75, 3.05) is 12.4 Å². The molecule has 0 aliphatic carbocycles. The number of rotatable bonds is 7. The molecule has 0 bridgehead atoms. The van der Waals surface area contributed by atoms with Gasteiger partial charge < -0.3 is 14.6 Å². The molecule has 3 rings (SSSR count). The number of aliphatic hydroxyl groups excluding tert-OH is 2. The summed E-state index contributed by atoms with van der Waals surface area (Å²) >= 11 is 1.37. The molecule has 126 valence electrons. The number of aliphatic hydroxyl groups is 2. The van der Waals surface area contributed by atoms with Crippen LogP contribution in [0.15, 0.2) is 52.2 Å². The molecule has 24 heavy (non-hydrogen) atoms. The largest absolute Gasteiger partial charge is 0.469 e. The van der Waals surface area contributed by atoms with Crippen molar-refractivity contribution in [3.63, 3.8) is 0 Å². The Morgan fingerprint density at radius 3 is 2.67 bits per heavy atom. The highest BCUT2D eigenvalue weighted by Gasteiger charge is 2.18. The number of benzene rings is 1. The SMILES string of the molecule is Cc1occc1-c1nnc(SCC(O)CO)n1Cc1ccccc1. The number of furan rings is 1. The van der Waals surface area contributed by atoms with E-state index in [2.05, 4.69) is 10.2 Å². The van der Waals surface area contributed by atoms with Crippen LogP contribution in [0.1, 0.15) is 11.3 Å². The van der Waals surface area contributed by atoms with Crippen molar-refractivity contribution in [1.82, 2.24) is 14.8 Å². The summed E-state index contributed by atoms with van der Waals surface area (Å²) in [5.41, 5.74) is 2.03. The fraction of sp³-hybridized carbons (Fsp3) is 0.294. The predicted octanol–water partition coefficient (Wildman–Crippen LogP) is 2.34. The maximum Gasteiger partial charge on any atom is 0.191 e. The standard InChI is InChI=1S/C17H19N3O3S/c1-12-15(7-8-23-12)16-18-19-17(24-11-14(22)10-21)20(16)9-13-5-3-2-4-6-13/h2-8,14,21-22H,9-11H2,1H3. The van der Waals surface area contributed by atoms with Gasteiger partial charge in [-0.3, -0.25) is 4.57 Å². The van der Waals surface area contributed by atoms with Gasteiger partial charge in [-0.15, -0.1) is 10.2 Å². The van der Waals surface area contributed by atoms with Crippen molar-refractivity contribution >= 4 is 11.8 Å². The Hall–Kier alpha value is -2.09. The third-order valence-electron chi connectivity index (χ3n) is 3.62. The molecule has 1 aromatic carbocycles. The summed E-state index contributed by atoms with van der Waals surface area (Å²) < 4.78 is 7.39.